The first kappa shape index (κ1) is 17.7. The van der Waals surface area contributed by atoms with E-state index in [0.29, 0.717) is 6.54 Å². The van der Waals surface area contributed by atoms with Gasteiger partial charge in [-0.2, -0.15) is 0 Å². The maximum absolute atomic E-state index is 11.8. The molecule has 0 aliphatic heterocycles. The summed E-state index contributed by atoms with van der Waals surface area (Å²) in [6.45, 7) is 9.74. The van der Waals surface area contributed by atoms with Crippen LogP contribution in [0.2, 0.25) is 0 Å². The van der Waals surface area contributed by atoms with E-state index >= 15 is 0 Å². The van der Waals surface area contributed by atoms with E-state index in [1.165, 1.54) is 0 Å². The lowest BCUT2D eigenvalue weighted by atomic mass is 9.87. The predicted octanol–water partition coefficient (Wildman–Crippen LogP) is 1.13. The molecule has 0 aliphatic rings. The Balaban J connectivity index is 4.50. The van der Waals surface area contributed by atoms with Crippen molar-refractivity contribution in [3.8, 4) is 0 Å². The van der Waals surface area contributed by atoms with Crippen molar-refractivity contribution in [1.29, 1.82) is 0 Å². The summed E-state index contributed by atoms with van der Waals surface area (Å²) >= 11 is 0. The van der Waals surface area contributed by atoms with Crippen molar-refractivity contribution in [3.05, 3.63) is 0 Å². The molecule has 0 radical (unpaired) electrons. The summed E-state index contributed by atoms with van der Waals surface area (Å²) in [6, 6.07) is -1.38. The van der Waals surface area contributed by atoms with Gasteiger partial charge in [-0.15, -0.1) is 0 Å². The maximum atomic E-state index is 11.8. The van der Waals surface area contributed by atoms with Gasteiger partial charge < -0.3 is 20.6 Å². The second-order valence-corrected chi connectivity index (χ2v) is 6.67. The molecule has 6 heteroatoms. The molecule has 0 rings (SSSR count). The van der Waals surface area contributed by atoms with E-state index in [2.05, 4.69) is 10.6 Å². The smallest absolute Gasteiger partial charge is 0.326 e. The Hall–Kier alpha value is -1.30. The van der Waals surface area contributed by atoms with Gasteiger partial charge >= 0.3 is 12.0 Å². The number of nitrogens with zero attached hydrogens (tertiary/aromatic N) is 1. The zero-order valence-electron chi connectivity index (χ0n) is 13.0. The Kier molecular flexibility index (Phi) is 5.81. The minimum atomic E-state index is -1.03. The number of amides is 2. The van der Waals surface area contributed by atoms with Crippen molar-refractivity contribution in [1.82, 2.24) is 15.5 Å². The highest BCUT2D eigenvalue weighted by Crippen LogP contribution is 2.19. The van der Waals surface area contributed by atoms with Gasteiger partial charge in [0.15, 0.2) is 0 Å². The number of rotatable bonds is 5. The summed E-state index contributed by atoms with van der Waals surface area (Å²) in [6.07, 6.45) is 0. The normalized spacial score (nSPS) is 14.1. The Bertz CT molecular complexity index is 333. The molecule has 0 aliphatic carbocycles. The van der Waals surface area contributed by atoms with Crippen LogP contribution in [0.15, 0.2) is 0 Å². The van der Waals surface area contributed by atoms with Crippen molar-refractivity contribution in [2.75, 3.05) is 20.6 Å². The molecule has 0 aromatic heterocycles. The molecule has 3 N–H and O–H groups in total. The third-order valence-electron chi connectivity index (χ3n) is 3.28. The molecule has 6 nitrogen and oxygen atoms in total. The molecular weight excluding hydrogens is 246 g/mol. The average Bonchev–Trinajstić information content (AvgIpc) is 2.20. The van der Waals surface area contributed by atoms with Crippen molar-refractivity contribution in [2.24, 2.45) is 5.41 Å². The number of carboxylic acids is 1. The summed E-state index contributed by atoms with van der Waals surface area (Å²) in [4.78, 5) is 24.9. The largest absolute Gasteiger partial charge is 0.480 e. The number of hydrogen-bond donors (Lipinski definition) is 3. The maximum Gasteiger partial charge on any atom is 0.326 e. The molecule has 1 atom stereocenters. The molecule has 0 saturated carbocycles. The highest BCUT2D eigenvalue weighted by Gasteiger charge is 2.33. The molecule has 1 unspecified atom stereocenters. The fourth-order valence-corrected chi connectivity index (χ4v) is 1.29. The number of urea groups is 1. The Labute approximate surface area is 115 Å². The third kappa shape index (κ3) is 5.92. The van der Waals surface area contributed by atoms with Crippen LogP contribution in [0.4, 0.5) is 4.79 Å². The number of aliphatic carboxylic acids is 1. The SMILES string of the molecule is CN(C)C(C)(C)CNC(=O)NC(C(=O)O)C(C)(C)C. The Morgan fingerprint density at radius 2 is 1.63 bits per heavy atom. The summed E-state index contributed by atoms with van der Waals surface area (Å²) in [5.74, 6) is -1.03. The van der Waals surface area contributed by atoms with Crippen LogP contribution in [0.1, 0.15) is 34.6 Å². The van der Waals surface area contributed by atoms with Crippen LogP contribution in [0.25, 0.3) is 0 Å². The first-order valence-corrected chi connectivity index (χ1v) is 6.32. The quantitative estimate of drug-likeness (QED) is 0.701. The zero-order chi connectivity index (χ0) is 15.4. The summed E-state index contributed by atoms with van der Waals surface area (Å²) in [5, 5.41) is 14.3. The van der Waals surface area contributed by atoms with E-state index in [-0.39, 0.29) is 5.54 Å². The van der Waals surface area contributed by atoms with Crippen LogP contribution in [0.3, 0.4) is 0 Å². The molecule has 0 spiro atoms. The van der Waals surface area contributed by atoms with E-state index in [1.807, 2.05) is 32.8 Å². The standard InChI is InChI=1S/C13H27N3O3/c1-12(2,3)9(10(17)18)15-11(19)14-8-13(4,5)16(6)7/h9H,8H2,1-7H3,(H,17,18)(H2,14,15,19). The van der Waals surface area contributed by atoms with E-state index in [9.17, 15) is 9.59 Å². The van der Waals surface area contributed by atoms with Crippen LogP contribution in [0, 0.1) is 5.41 Å². The molecule has 112 valence electrons. The van der Waals surface area contributed by atoms with Crippen LogP contribution in [-0.2, 0) is 4.79 Å². The topological polar surface area (TPSA) is 81.7 Å². The van der Waals surface area contributed by atoms with E-state index in [4.69, 9.17) is 5.11 Å². The van der Waals surface area contributed by atoms with Crippen LogP contribution in [0.5, 0.6) is 0 Å². The summed E-state index contributed by atoms with van der Waals surface area (Å²) in [7, 11) is 3.85. The van der Waals surface area contributed by atoms with E-state index in [0.717, 1.165) is 0 Å². The molecule has 0 bridgehead atoms. The molecule has 0 aromatic rings. The molecule has 0 fully saturated rings. The van der Waals surface area contributed by atoms with Crippen molar-refractivity contribution in [2.45, 2.75) is 46.2 Å². The second-order valence-electron chi connectivity index (χ2n) is 6.67. The van der Waals surface area contributed by atoms with E-state index in [1.54, 1.807) is 20.8 Å². The molecular formula is C13H27N3O3. The average molecular weight is 273 g/mol. The van der Waals surface area contributed by atoms with Gasteiger partial charge in [0.05, 0.1) is 0 Å². The van der Waals surface area contributed by atoms with Gasteiger partial charge in [0.1, 0.15) is 6.04 Å². The highest BCUT2D eigenvalue weighted by molar-refractivity contribution is 5.83. The zero-order valence-corrected chi connectivity index (χ0v) is 13.0. The van der Waals surface area contributed by atoms with Crippen molar-refractivity contribution < 1.29 is 14.7 Å². The summed E-state index contributed by atoms with van der Waals surface area (Å²) < 4.78 is 0. The Morgan fingerprint density at radius 1 is 1.16 bits per heavy atom. The fraction of sp³-hybridized carbons (Fsp3) is 0.846. The Morgan fingerprint density at radius 3 is 1.95 bits per heavy atom. The molecule has 0 saturated heterocycles. The lowest BCUT2D eigenvalue weighted by Crippen LogP contribution is -2.55. The fourth-order valence-electron chi connectivity index (χ4n) is 1.29. The minimum Gasteiger partial charge on any atom is -0.480 e. The predicted molar refractivity (Wildman–Crippen MR) is 75.2 cm³/mol. The highest BCUT2D eigenvalue weighted by atomic mass is 16.4. The lowest BCUT2D eigenvalue weighted by Gasteiger charge is -2.33. The van der Waals surface area contributed by atoms with Gasteiger partial charge in [-0.3, -0.25) is 0 Å². The number of carboxylic acid groups (broad SMARTS) is 1. The van der Waals surface area contributed by atoms with Gasteiger partial charge in [-0.1, -0.05) is 20.8 Å². The molecule has 0 heterocycles. The molecule has 19 heavy (non-hydrogen) atoms. The van der Waals surface area contributed by atoms with E-state index < -0.39 is 23.5 Å². The van der Waals surface area contributed by atoms with Crippen LogP contribution in [-0.4, -0.2) is 54.2 Å². The first-order valence-electron chi connectivity index (χ1n) is 6.32. The van der Waals surface area contributed by atoms with Crippen molar-refractivity contribution in [3.63, 3.8) is 0 Å². The van der Waals surface area contributed by atoms with Gasteiger partial charge in [0.2, 0.25) is 0 Å². The first-order chi connectivity index (χ1) is 8.38. The van der Waals surface area contributed by atoms with Crippen molar-refractivity contribution >= 4 is 12.0 Å². The number of likely N-dealkylation sites (N-methyl/N-ethyl adjacent to an activating group) is 1. The van der Waals surface area contributed by atoms with Gasteiger partial charge in [-0.05, 0) is 33.4 Å². The molecule has 2 amide bonds. The van der Waals surface area contributed by atoms with Gasteiger partial charge in [0, 0.05) is 12.1 Å². The monoisotopic (exact) mass is 273 g/mol. The number of carbonyl (C=O) groups is 2. The third-order valence-corrected chi connectivity index (χ3v) is 3.28. The van der Waals surface area contributed by atoms with Gasteiger partial charge in [-0.25, -0.2) is 9.59 Å². The number of carbonyl (C=O) groups excluding carboxylic acids is 1. The van der Waals surface area contributed by atoms with Crippen LogP contribution < -0.4 is 10.6 Å². The molecule has 0 aromatic carbocycles. The minimum absolute atomic E-state index is 0.197. The summed E-state index contributed by atoms with van der Waals surface area (Å²) in [5.41, 5.74) is -0.738. The van der Waals surface area contributed by atoms with Crippen LogP contribution >= 0.6 is 0 Å². The second kappa shape index (κ2) is 6.23. The lowest BCUT2D eigenvalue weighted by molar-refractivity contribution is -0.141. The van der Waals surface area contributed by atoms with Gasteiger partial charge in [0.25, 0.3) is 0 Å². The number of nitrogens with one attached hydrogen (secondary N) is 2. The number of hydrogen-bond acceptors (Lipinski definition) is 3.